The van der Waals surface area contributed by atoms with Crippen molar-refractivity contribution < 1.29 is 19.2 Å². The lowest BCUT2D eigenvalue weighted by Gasteiger charge is -2.35. The topological polar surface area (TPSA) is 90.0 Å². The van der Waals surface area contributed by atoms with Gasteiger partial charge in [0.1, 0.15) is 0 Å². The number of aryl methyl sites for hydroxylation is 4. The minimum absolute atomic E-state index is 0. The molecule has 6 rings (SSSR count). The monoisotopic (exact) mass is 624 g/mol. The van der Waals surface area contributed by atoms with Crippen molar-refractivity contribution in [1.82, 2.24) is 9.80 Å². The van der Waals surface area contributed by atoms with Gasteiger partial charge in [-0.1, -0.05) is 54.6 Å². The number of anilines is 2. The first-order valence-electron chi connectivity index (χ1n) is 14.1. The Balaban J connectivity index is 0.000000285. The molecule has 0 aromatic heterocycles. The fraction of sp³-hybridized carbons (Fsp3) is 0.333. The molecule has 0 aliphatic carbocycles. The number of Topliss-reactive ketones (excluding diaryl/α,β-unsaturated/α-hetero) is 2. The van der Waals surface area contributed by atoms with Crippen molar-refractivity contribution >= 4 is 59.6 Å². The lowest BCUT2D eigenvalue weighted by molar-refractivity contribution is -0.114. The van der Waals surface area contributed by atoms with E-state index in [4.69, 9.17) is 0 Å². The highest BCUT2D eigenvalue weighted by Crippen LogP contribution is 2.34. The molecular weight excluding hydrogens is 587 g/mol. The van der Waals surface area contributed by atoms with Crippen LogP contribution in [0.25, 0.3) is 0 Å². The molecule has 1 saturated heterocycles. The van der Waals surface area contributed by atoms with Gasteiger partial charge in [-0.2, -0.15) is 0 Å². The second-order valence-corrected chi connectivity index (χ2v) is 11.0. The number of rotatable bonds is 5. The third-order valence-corrected chi connectivity index (χ3v) is 8.17. The van der Waals surface area contributed by atoms with Crippen LogP contribution < -0.4 is 10.2 Å². The highest BCUT2D eigenvalue weighted by molar-refractivity contribution is 6.53. The number of piperazine rings is 1. The number of nitrogens with zero attached hydrogens (tertiary/aromatic N) is 3. The molecule has 0 atom stereocenters. The van der Waals surface area contributed by atoms with E-state index in [0.29, 0.717) is 23.4 Å². The van der Waals surface area contributed by atoms with E-state index in [1.165, 1.54) is 5.56 Å². The highest BCUT2D eigenvalue weighted by atomic mass is 35.5. The van der Waals surface area contributed by atoms with Gasteiger partial charge < -0.3 is 10.2 Å². The number of fused-ring (bicyclic) bond motifs is 2. The Morgan fingerprint density at radius 1 is 0.628 bits per heavy atom. The van der Waals surface area contributed by atoms with Gasteiger partial charge in [0.05, 0.1) is 22.5 Å². The van der Waals surface area contributed by atoms with Crippen LogP contribution in [0.5, 0.6) is 0 Å². The first-order chi connectivity index (χ1) is 19.7. The third kappa shape index (κ3) is 6.99. The summed E-state index contributed by atoms with van der Waals surface area (Å²) in [5.41, 5.74) is 7.63. The molecule has 3 aliphatic rings. The molecule has 10 heteroatoms. The van der Waals surface area contributed by atoms with Gasteiger partial charge in [0.2, 0.25) is 0 Å². The van der Waals surface area contributed by atoms with Crippen LogP contribution in [0.2, 0.25) is 0 Å². The third-order valence-electron chi connectivity index (χ3n) is 8.17. The molecule has 0 spiro atoms. The average molecular weight is 626 g/mol. The first-order valence-corrected chi connectivity index (χ1v) is 14.1. The van der Waals surface area contributed by atoms with Gasteiger partial charge in [-0.05, 0) is 55.5 Å². The van der Waals surface area contributed by atoms with Gasteiger partial charge in [0.15, 0.2) is 0 Å². The summed E-state index contributed by atoms with van der Waals surface area (Å²) >= 11 is 0. The molecule has 228 valence electrons. The molecule has 0 bridgehead atoms. The Morgan fingerprint density at radius 3 is 1.81 bits per heavy atom. The zero-order valence-electron chi connectivity index (χ0n) is 24.9. The normalized spacial score (nSPS) is 16.0. The van der Waals surface area contributed by atoms with Gasteiger partial charge in [0.25, 0.3) is 23.4 Å². The van der Waals surface area contributed by atoms with Gasteiger partial charge in [-0.15, -0.1) is 24.8 Å². The molecule has 3 aromatic rings. The molecule has 1 fully saturated rings. The molecule has 43 heavy (non-hydrogen) atoms. The number of ketones is 2. The van der Waals surface area contributed by atoms with E-state index < -0.39 is 11.7 Å². The fourth-order valence-corrected chi connectivity index (χ4v) is 5.78. The number of halogens is 2. The van der Waals surface area contributed by atoms with Crippen LogP contribution in [0, 0.1) is 27.7 Å². The number of hydrogen-bond donors (Lipinski definition) is 1. The average Bonchev–Trinajstić information content (AvgIpc) is 3.42. The number of carbonyl (C=O) groups is 4. The maximum atomic E-state index is 12.5. The van der Waals surface area contributed by atoms with E-state index in [1.54, 1.807) is 4.90 Å². The SMILES string of the molecule is Cc1ccc(C)c2c1C(=O)C(=O)N2CCN1CCN(Cc2ccccc2)CC1.Cc1ccc(C)c2c1NC(=O)C2=O.Cl.Cl. The zero-order chi connectivity index (χ0) is 29.3. The molecule has 3 aliphatic heterocycles. The standard InChI is InChI=1S/C23H27N3O2.C10H9NO2.2ClH/c1-17-8-9-18(2)21-20(17)22(27)23(28)26(21)15-14-24-10-12-25(13-11-24)16-19-6-4-3-5-7-19;1-5-3-4-6(2)8-7(5)9(12)10(13)11-8;;/h3-9H,10-16H2,1-2H3;3-4H,1-2H3,(H,11,12,13);2*1H. The Bertz CT molecular complexity index is 1540. The van der Waals surface area contributed by atoms with E-state index >= 15 is 0 Å². The summed E-state index contributed by atoms with van der Waals surface area (Å²) < 4.78 is 0. The van der Waals surface area contributed by atoms with Crippen LogP contribution in [0.1, 0.15) is 48.5 Å². The molecular formula is C33H38Cl2N4O4. The van der Waals surface area contributed by atoms with Crippen molar-refractivity contribution in [3.05, 3.63) is 93.5 Å². The van der Waals surface area contributed by atoms with E-state index in [2.05, 4.69) is 39.4 Å². The molecule has 1 N–H and O–H groups in total. The molecule has 2 amide bonds. The Kier molecular flexibility index (Phi) is 11.3. The van der Waals surface area contributed by atoms with E-state index in [-0.39, 0.29) is 36.5 Å². The molecule has 0 saturated carbocycles. The quantitative estimate of drug-likeness (QED) is 0.405. The van der Waals surface area contributed by atoms with Crippen molar-refractivity contribution in [3.63, 3.8) is 0 Å². The number of carbonyl (C=O) groups excluding carboxylic acids is 4. The second kappa shape index (κ2) is 14.3. The van der Waals surface area contributed by atoms with E-state index in [0.717, 1.165) is 67.2 Å². The fourth-order valence-electron chi connectivity index (χ4n) is 5.78. The Morgan fingerprint density at radius 2 is 1.19 bits per heavy atom. The minimum atomic E-state index is -0.521. The van der Waals surface area contributed by atoms with Crippen molar-refractivity contribution in [1.29, 1.82) is 0 Å². The number of hydrogen-bond acceptors (Lipinski definition) is 6. The summed E-state index contributed by atoms with van der Waals surface area (Å²) in [6, 6.07) is 18.2. The zero-order valence-corrected chi connectivity index (χ0v) is 26.6. The highest BCUT2D eigenvalue weighted by Gasteiger charge is 2.38. The van der Waals surface area contributed by atoms with Gasteiger partial charge in [-0.25, -0.2) is 0 Å². The van der Waals surface area contributed by atoms with Crippen LogP contribution in [0.15, 0.2) is 54.6 Å². The van der Waals surface area contributed by atoms with Crippen molar-refractivity contribution in [3.8, 4) is 0 Å². The summed E-state index contributed by atoms with van der Waals surface area (Å²) in [6.07, 6.45) is 0. The molecule has 8 nitrogen and oxygen atoms in total. The number of benzene rings is 3. The molecule has 3 heterocycles. The van der Waals surface area contributed by atoms with E-state index in [1.807, 2.05) is 58.0 Å². The van der Waals surface area contributed by atoms with E-state index in [9.17, 15) is 19.2 Å². The Labute approximate surface area is 265 Å². The predicted octanol–water partition coefficient (Wildman–Crippen LogP) is 4.93. The number of amides is 2. The summed E-state index contributed by atoms with van der Waals surface area (Å²) in [5, 5.41) is 2.57. The summed E-state index contributed by atoms with van der Waals surface area (Å²) in [5.74, 6) is -1.68. The van der Waals surface area contributed by atoms with Gasteiger partial charge in [-0.3, -0.25) is 29.0 Å². The molecule has 0 radical (unpaired) electrons. The molecule has 0 unspecified atom stereocenters. The summed E-state index contributed by atoms with van der Waals surface area (Å²) in [7, 11) is 0. The van der Waals surface area contributed by atoms with Gasteiger partial charge in [0, 0.05) is 45.8 Å². The maximum Gasteiger partial charge on any atom is 0.299 e. The predicted molar refractivity (Wildman–Crippen MR) is 174 cm³/mol. The van der Waals surface area contributed by atoms with Crippen molar-refractivity contribution in [2.75, 3.05) is 49.5 Å². The van der Waals surface area contributed by atoms with Crippen LogP contribution >= 0.6 is 24.8 Å². The van der Waals surface area contributed by atoms with Crippen LogP contribution in [0.3, 0.4) is 0 Å². The lowest BCUT2D eigenvalue weighted by Crippen LogP contribution is -2.48. The minimum Gasteiger partial charge on any atom is -0.318 e. The first kappa shape index (κ1) is 33.9. The van der Waals surface area contributed by atoms with Crippen LogP contribution in [0.4, 0.5) is 11.4 Å². The Hall–Kier alpha value is -3.56. The van der Waals surface area contributed by atoms with Gasteiger partial charge >= 0.3 is 0 Å². The van der Waals surface area contributed by atoms with Crippen molar-refractivity contribution in [2.45, 2.75) is 34.2 Å². The van der Waals surface area contributed by atoms with Crippen LogP contribution in [-0.2, 0) is 16.1 Å². The largest absolute Gasteiger partial charge is 0.318 e. The van der Waals surface area contributed by atoms with Crippen LogP contribution in [-0.4, -0.2) is 72.4 Å². The smallest absolute Gasteiger partial charge is 0.299 e. The summed E-state index contributed by atoms with van der Waals surface area (Å²) in [6.45, 7) is 14.0. The molecule has 3 aromatic carbocycles. The lowest BCUT2D eigenvalue weighted by atomic mass is 10.0. The number of nitrogens with one attached hydrogen (secondary N) is 1. The van der Waals surface area contributed by atoms with Crippen molar-refractivity contribution in [2.24, 2.45) is 0 Å². The summed E-state index contributed by atoms with van der Waals surface area (Å²) in [4.78, 5) is 54.0. The second-order valence-electron chi connectivity index (χ2n) is 11.0. The maximum absolute atomic E-state index is 12.5.